The Morgan fingerprint density at radius 2 is 1.91 bits per heavy atom. The maximum Gasteiger partial charge on any atom is 0.408 e. The lowest BCUT2D eigenvalue weighted by atomic mass is 9.88. The molecule has 2 atom stereocenters. The first-order valence-corrected chi connectivity index (χ1v) is 11.7. The third-order valence-electron chi connectivity index (χ3n) is 5.53. The summed E-state index contributed by atoms with van der Waals surface area (Å²) < 4.78 is 5.26. The minimum Gasteiger partial charge on any atom is -0.444 e. The molecule has 178 valence electrons. The predicted molar refractivity (Wildman–Crippen MR) is 125 cm³/mol. The van der Waals surface area contributed by atoms with Crippen LogP contribution >= 0.6 is 0 Å². The fourth-order valence-electron chi connectivity index (χ4n) is 3.88. The second-order valence-corrected chi connectivity index (χ2v) is 9.76. The van der Waals surface area contributed by atoms with Crippen molar-refractivity contribution in [2.75, 3.05) is 6.54 Å². The molecule has 3 amide bonds. The molecule has 1 aromatic rings. The Bertz CT molecular complexity index is 799. The van der Waals surface area contributed by atoms with Crippen LogP contribution in [0.1, 0.15) is 83.9 Å². The Labute approximate surface area is 192 Å². The number of benzene rings is 1. The van der Waals surface area contributed by atoms with Gasteiger partial charge in [-0.3, -0.25) is 9.59 Å². The first-order valence-electron chi connectivity index (χ1n) is 11.7. The Morgan fingerprint density at radius 1 is 1.22 bits per heavy atom. The first kappa shape index (κ1) is 25.7. The summed E-state index contributed by atoms with van der Waals surface area (Å²) in [6.07, 6.45) is 3.89. The topological polar surface area (TPSA) is 87.7 Å². The van der Waals surface area contributed by atoms with E-state index in [1.165, 1.54) is 0 Å². The lowest BCUT2D eigenvalue weighted by Crippen LogP contribution is -2.54. The lowest BCUT2D eigenvalue weighted by Gasteiger charge is -2.42. The number of alkyl carbamates (subject to hydrolysis) is 1. The van der Waals surface area contributed by atoms with Crippen LogP contribution in [-0.2, 0) is 14.3 Å². The number of amides is 3. The average molecular weight is 446 g/mol. The van der Waals surface area contributed by atoms with Crippen molar-refractivity contribution in [1.29, 1.82) is 0 Å². The normalized spacial score (nSPS) is 15.8. The number of nitrogens with zero attached hydrogens (tertiary/aromatic N) is 1. The van der Waals surface area contributed by atoms with Gasteiger partial charge in [-0.05, 0) is 65.9 Å². The lowest BCUT2D eigenvalue weighted by molar-refractivity contribution is -0.145. The minimum atomic E-state index is -0.743. The van der Waals surface area contributed by atoms with Gasteiger partial charge in [-0.15, -0.1) is 0 Å². The monoisotopic (exact) mass is 445 g/mol. The van der Waals surface area contributed by atoms with E-state index in [0.29, 0.717) is 0 Å². The van der Waals surface area contributed by atoms with Crippen molar-refractivity contribution < 1.29 is 19.1 Å². The molecule has 7 heteroatoms. The van der Waals surface area contributed by atoms with Crippen LogP contribution in [0.2, 0.25) is 0 Å². The van der Waals surface area contributed by atoms with Crippen LogP contribution in [0, 0.1) is 6.92 Å². The molecule has 0 aliphatic heterocycles. The molecule has 2 unspecified atom stereocenters. The van der Waals surface area contributed by atoms with E-state index in [1.54, 1.807) is 25.7 Å². The summed E-state index contributed by atoms with van der Waals surface area (Å²) in [5, 5.41) is 5.64. The molecule has 0 radical (unpaired) electrons. The van der Waals surface area contributed by atoms with Gasteiger partial charge in [-0.25, -0.2) is 4.79 Å². The van der Waals surface area contributed by atoms with Crippen LogP contribution < -0.4 is 10.6 Å². The second-order valence-electron chi connectivity index (χ2n) is 9.76. The van der Waals surface area contributed by atoms with E-state index < -0.39 is 17.7 Å². The zero-order chi connectivity index (χ0) is 23.9. The van der Waals surface area contributed by atoms with Crippen molar-refractivity contribution in [3.63, 3.8) is 0 Å². The van der Waals surface area contributed by atoms with E-state index in [-0.39, 0.29) is 30.4 Å². The number of rotatable bonds is 9. The molecule has 2 rings (SSSR count). The van der Waals surface area contributed by atoms with E-state index in [1.807, 2.05) is 38.1 Å². The highest BCUT2D eigenvalue weighted by atomic mass is 16.6. The van der Waals surface area contributed by atoms with Gasteiger partial charge < -0.3 is 20.3 Å². The van der Waals surface area contributed by atoms with Crippen molar-refractivity contribution in [3.05, 3.63) is 35.4 Å². The minimum absolute atomic E-state index is 0.0121. The summed E-state index contributed by atoms with van der Waals surface area (Å²) in [7, 11) is 0. The third kappa shape index (κ3) is 7.53. The van der Waals surface area contributed by atoms with Gasteiger partial charge in [0.15, 0.2) is 0 Å². The summed E-state index contributed by atoms with van der Waals surface area (Å²) in [5.74, 6) is -0.473. The molecular weight excluding hydrogens is 406 g/mol. The molecule has 1 aliphatic carbocycles. The first-order chi connectivity index (χ1) is 15.0. The van der Waals surface area contributed by atoms with Crippen LogP contribution in [0.5, 0.6) is 0 Å². The highest BCUT2D eigenvalue weighted by Gasteiger charge is 2.39. The van der Waals surface area contributed by atoms with E-state index in [0.717, 1.165) is 43.2 Å². The standard InChI is InChI=1S/C25H39N3O4/c1-7-10-18(3)27-23(30)22(19-12-8-11-17(2)15-19)28(20-13-9-14-20)21(29)16-26-24(31)32-25(4,5)6/h8,11-12,15,18,20,22H,7,9-10,13-14,16H2,1-6H3,(H,26,31)(H,27,30). The Morgan fingerprint density at radius 3 is 2.44 bits per heavy atom. The summed E-state index contributed by atoms with van der Waals surface area (Å²) in [6, 6.07) is 6.96. The fraction of sp³-hybridized carbons (Fsp3) is 0.640. The molecule has 0 heterocycles. The Kier molecular flexibility index (Phi) is 9.10. The molecule has 7 nitrogen and oxygen atoms in total. The number of ether oxygens (including phenoxy) is 1. The molecule has 1 saturated carbocycles. The van der Waals surface area contributed by atoms with Gasteiger partial charge in [0.25, 0.3) is 0 Å². The summed E-state index contributed by atoms with van der Waals surface area (Å²) in [6.45, 7) is 11.1. The molecule has 2 N–H and O–H groups in total. The quantitative estimate of drug-likeness (QED) is 0.595. The molecule has 0 bridgehead atoms. The molecule has 1 aromatic carbocycles. The van der Waals surface area contributed by atoms with Gasteiger partial charge in [0, 0.05) is 12.1 Å². The molecule has 0 spiro atoms. The SMILES string of the molecule is CCCC(C)NC(=O)C(c1cccc(C)c1)N(C(=O)CNC(=O)OC(C)(C)C)C1CCC1. The summed E-state index contributed by atoms with van der Waals surface area (Å²) >= 11 is 0. The molecule has 0 aromatic heterocycles. The van der Waals surface area contributed by atoms with Gasteiger partial charge in [0.05, 0.1) is 0 Å². The Hall–Kier alpha value is -2.57. The van der Waals surface area contributed by atoms with Gasteiger partial charge in [0.2, 0.25) is 11.8 Å². The van der Waals surface area contributed by atoms with Gasteiger partial charge in [0.1, 0.15) is 18.2 Å². The zero-order valence-electron chi connectivity index (χ0n) is 20.4. The molecule has 0 saturated heterocycles. The zero-order valence-corrected chi connectivity index (χ0v) is 20.4. The number of hydrogen-bond acceptors (Lipinski definition) is 4. The largest absolute Gasteiger partial charge is 0.444 e. The third-order valence-corrected chi connectivity index (χ3v) is 5.53. The maximum atomic E-state index is 13.4. The summed E-state index contributed by atoms with van der Waals surface area (Å²) in [5.41, 5.74) is 1.15. The van der Waals surface area contributed by atoms with E-state index in [2.05, 4.69) is 17.6 Å². The average Bonchev–Trinajstić information content (AvgIpc) is 2.63. The molecule has 32 heavy (non-hydrogen) atoms. The van der Waals surface area contributed by atoms with Crippen LogP contribution in [0.25, 0.3) is 0 Å². The van der Waals surface area contributed by atoms with Gasteiger partial charge in [-0.1, -0.05) is 43.2 Å². The van der Waals surface area contributed by atoms with Crippen molar-refractivity contribution in [2.24, 2.45) is 0 Å². The second kappa shape index (κ2) is 11.3. The van der Waals surface area contributed by atoms with Gasteiger partial charge in [-0.2, -0.15) is 0 Å². The van der Waals surface area contributed by atoms with E-state index >= 15 is 0 Å². The summed E-state index contributed by atoms with van der Waals surface area (Å²) in [4.78, 5) is 40.5. The van der Waals surface area contributed by atoms with Crippen molar-refractivity contribution in [3.8, 4) is 0 Å². The van der Waals surface area contributed by atoms with Gasteiger partial charge >= 0.3 is 6.09 Å². The maximum absolute atomic E-state index is 13.4. The molecule has 1 fully saturated rings. The van der Waals surface area contributed by atoms with Crippen LogP contribution in [-0.4, -0.2) is 47.0 Å². The Balaban J connectivity index is 2.29. The van der Waals surface area contributed by atoms with Crippen LogP contribution in [0.15, 0.2) is 24.3 Å². The van der Waals surface area contributed by atoms with Crippen LogP contribution in [0.3, 0.4) is 0 Å². The highest BCUT2D eigenvalue weighted by molar-refractivity contribution is 5.91. The van der Waals surface area contributed by atoms with E-state index in [9.17, 15) is 14.4 Å². The van der Waals surface area contributed by atoms with Crippen molar-refractivity contribution in [2.45, 2.75) is 97.4 Å². The predicted octanol–water partition coefficient (Wildman–Crippen LogP) is 4.25. The molecule has 1 aliphatic rings. The fourth-order valence-corrected chi connectivity index (χ4v) is 3.88. The smallest absolute Gasteiger partial charge is 0.408 e. The number of hydrogen-bond donors (Lipinski definition) is 2. The molecular formula is C25H39N3O4. The van der Waals surface area contributed by atoms with Crippen molar-refractivity contribution >= 4 is 17.9 Å². The van der Waals surface area contributed by atoms with E-state index in [4.69, 9.17) is 4.74 Å². The number of carbonyl (C=O) groups is 3. The van der Waals surface area contributed by atoms with Crippen LogP contribution in [0.4, 0.5) is 4.79 Å². The van der Waals surface area contributed by atoms with Crippen molar-refractivity contribution in [1.82, 2.24) is 15.5 Å². The number of carbonyl (C=O) groups excluding carboxylic acids is 3. The number of aryl methyl sites for hydroxylation is 1. The highest BCUT2D eigenvalue weighted by Crippen LogP contribution is 2.33. The number of nitrogens with one attached hydrogen (secondary N) is 2.